The molecule has 4 aliphatic rings. The minimum Gasteiger partial charge on any atom is -0.481 e. The lowest BCUT2D eigenvalue weighted by Gasteiger charge is -2.58. The summed E-state index contributed by atoms with van der Waals surface area (Å²) in [5.41, 5.74) is 2.20. The van der Waals surface area contributed by atoms with Gasteiger partial charge in [-0.2, -0.15) is 0 Å². The van der Waals surface area contributed by atoms with Gasteiger partial charge < -0.3 is 5.11 Å². The fourth-order valence-electron chi connectivity index (χ4n) is 8.61. The van der Waals surface area contributed by atoms with Crippen LogP contribution in [0.2, 0.25) is 0 Å². The lowest BCUT2D eigenvalue weighted by Crippen LogP contribution is -2.50. The van der Waals surface area contributed by atoms with E-state index in [1.807, 2.05) is 13.0 Å². The first-order chi connectivity index (χ1) is 14.2. The van der Waals surface area contributed by atoms with Gasteiger partial charge in [-0.05, 0) is 97.9 Å². The largest absolute Gasteiger partial charge is 0.481 e. The number of allylic oxidation sites excluding steroid dienone is 1. The number of carboxylic acid groups (broad SMARTS) is 1. The van der Waals surface area contributed by atoms with Gasteiger partial charge in [0.15, 0.2) is 5.78 Å². The molecule has 8 atom stereocenters. The van der Waals surface area contributed by atoms with Crippen molar-refractivity contribution in [3.05, 3.63) is 11.6 Å². The van der Waals surface area contributed by atoms with Gasteiger partial charge in [0.2, 0.25) is 0 Å². The zero-order chi connectivity index (χ0) is 21.7. The van der Waals surface area contributed by atoms with E-state index in [4.69, 9.17) is 5.11 Å². The molecule has 168 valence electrons. The Balaban J connectivity index is 1.44. The molecule has 0 bridgehead atoms. The summed E-state index contributed by atoms with van der Waals surface area (Å²) in [5, 5.41) is 9.16. The zero-order valence-electron chi connectivity index (χ0n) is 19.6. The molecule has 3 nitrogen and oxygen atoms in total. The van der Waals surface area contributed by atoms with Crippen LogP contribution < -0.4 is 0 Å². The average molecular weight is 415 g/mol. The molecule has 0 saturated heterocycles. The van der Waals surface area contributed by atoms with Crippen LogP contribution in [0.3, 0.4) is 0 Å². The molecule has 0 radical (unpaired) electrons. The van der Waals surface area contributed by atoms with Crippen LogP contribution in [-0.2, 0) is 9.59 Å². The molecule has 0 aromatic heterocycles. The summed E-state index contributed by atoms with van der Waals surface area (Å²) in [7, 11) is 0. The Morgan fingerprint density at radius 2 is 1.83 bits per heavy atom. The normalized spacial score (nSPS) is 42.5. The van der Waals surface area contributed by atoms with Gasteiger partial charge in [-0.15, -0.1) is 0 Å². The zero-order valence-corrected chi connectivity index (χ0v) is 19.6. The van der Waals surface area contributed by atoms with Crippen LogP contribution in [0.15, 0.2) is 11.6 Å². The van der Waals surface area contributed by atoms with E-state index in [1.165, 1.54) is 44.1 Å². The quantitative estimate of drug-likeness (QED) is 0.528. The fourth-order valence-corrected chi connectivity index (χ4v) is 8.61. The molecule has 3 fully saturated rings. The second-order valence-electron chi connectivity index (χ2n) is 11.8. The highest BCUT2D eigenvalue weighted by Gasteiger charge is 2.59. The molecule has 3 saturated carbocycles. The Labute approximate surface area is 183 Å². The lowest BCUT2D eigenvalue weighted by atomic mass is 9.46. The van der Waals surface area contributed by atoms with Crippen LogP contribution in [0.25, 0.3) is 0 Å². The summed E-state index contributed by atoms with van der Waals surface area (Å²) in [6, 6.07) is 0. The van der Waals surface area contributed by atoms with E-state index in [1.54, 1.807) is 0 Å². The van der Waals surface area contributed by atoms with E-state index in [2.05, 4.69) is 20.8 Å². The van der Waals surface area contributed by atoms with Crippen LogP contribution in [0.5, 0.6) is 0 Å². The van der Waals surface area contributed by atoms with Crippen molar-refractivity contribution in [2.24, 2.45) is 46.3 Å². The monoisotopic (exact) mass is 414 g/mol. The number of fused-ring (bicyclic) bond motifs is 5. The van der Waals surface area contributed by atoms with E-state index >= 15 is 0 Å². The molecular formula is C27H42O3. The van der Waals surface area contributed by atoms with Crippen LogP contribution >= 0.6 is 0 Å². The van der Waals surface area contributed by atoms with E-state index in [-0.39, 0.29) is 11.3 Å². The molecule has 4 unspecified atom stereocenters. The highest BCUT2D eigenvalue weighted by Crippen LogP contribution is 2.67. The fraction of sp³-hybridized carbons (Fsp3) is 0.852. The maximum atomic E-state index is 12.0. The van der Waals surface area contributed by atoms with Crippen LogP contribution in [0, 0.1) is 46.3 Å². The Bertz CT molecular complexity index is 724. The minimum absolute atomic E-state index is 0.216. The highest BCUT2D eigenvalue weighted by molar-refractivity contribution is 5.91. The number of hydrogen-bond donors (Lipinski definition) is 1. The van der Waals surface area contributed by atoms with Gasteiger partial charge in [-0.25, -0.2) is 0 Å². The SMILES string of the molecule is C[C@H](CCC[C@H](C)C(=O)O)C1CCC2C3CCC4=CC(=O)CC[C@]4(C)C3CC[C@@]21C. The Morgan fingerprint density at radius 1 is 1.07 bits per heavy atom. The topological polar surface area (TPSA) is 54.4 Å². The predicted molar refractivity (Wildman–Crippen MR) is 120 cm³/mol. The molecule has 0 aliphatic heterocycles. The molecular weight excluding hydrogens is 372 g/mol. The second-order valence-corrected chi connectivity index (χ2v) is 11.8. The van der Waals surface area contributed by atoms with Crippen molar-refractivity contribution in [1.29, 1.82) is 0 Å². The van der Waals surface area contributed by atoms with Gasteiger partial charge in [-0.3, -0.25) is 9.59 Å². The van der Waals surface area contributed by atoms with E-state index < -0.39 is 5.97 Å². The maximum Gasteiger partial charge on any atom is 0.306 e. The van der Waals surface area contributed by atoms with Gasteiger partial charge >= 0.3 is 5.97 Å². The average Bonchev–Trinajstić information content (AvgIpc) is 3.05. The molecule has 0 heterocycles. The molecule has 0 aromatic rings. The van der Waals surface area contributed by atoms with Crippen molar-refractivity contribution >= 4 is 11.8 Å². The highest BCUT2D eigenvalue weighted by atomic mass is 16.4. The number of carbonyl (C=O) groups is 2. The van der Waals surface area contributed by atoms with Gasteiger partial charge in [0.1, 0.15) is 0 Å². The number of rotatable bonds is 6. The Hall–Kier alpha value is -1.12. The summed E-state index contributed by atoms with van der Waals surface area (Å²) in [6.07, 6.45) is 14.7. The van der Waals surface area contributed by atoms with Crippen LogP contribution in [0.1, 0.15) is 98.3 Å². The molecule has 30 heavy (non-hydrogen) atoms. The first-order valence-electron chi connectivity index (χ1n) is 12.6. The van der Waals surface area contributed by atoms with Crippen molar-refractivity contribution in [2.75, 3.05) is 0 Å². The first kappa shape index (κ1) is 22.1. The number of carbonyl (C=O) groups excluding carboxylic acids is 1. The van der Waals surface area contributed by atoms with Gasteiger partial charge in [0.05, 0.1) is 5.92 Å². The minimum atomic E-state index is -0.655. The summed E-state index contributed by atoms with van der Waals surface area (Å²) in [4.78, 5) is 23.2. The third-order valence-corrected chi connectivity index (χ3v) is 10.4. The smallest absolute Gasteiger partial charge is 0.306 e. The van der Waals surface area contributed by atoms with Gasteiger partial charge in [0, 0.05) is 6.42 Å². The summed E-state index contributed by atoms with van der Waals surface area (Å²) in [6.45, 7) is 9.35. The second kappa shape index (κ2) is 8.10. The van der Waals surface area contributed by atoms with E-state index in [9.17, 15) is 9.59 Å². The first-order valence-corrected chi connectivity index (χ1v) is 12.6. The molecule has 0 aromatic carbocycles. The van der Waals surface area contributed by atoms with Gasteiger partial charge in [0.25, 0.3) is 0 Å². The lowest BCUT2D eigenvalue weighted by molar-refractivity contribution is -0.141. The number of ketones is 1. The molecule has 0 amide bonds. The Morgan fingerprint density at radius 3 is 2.57 bits per heavy atom. The van der Waals surface area contributed by atoms with Gasteiger partial charge in [-0.1, -0.05) is 46.1 Å². The third-order valence-electron chi connectivity index (χ3n) is 10.4. The third kappa shape index (κ3) is 3.58. The summed E-state index contributed by atoms with van der Waals surface area (Å²) >= 11 is 0. The van der Waals surface area contributed by atoms with Crippen molar-refractivity contribution in [1.82, 2.24) is 0 Å². The Kier molecular flexibility index (Phi) is 5.96. The predicted octanol–water partition coefficient (Wildman–Crippen LogP) is 6.66. The van der Waals surface area contributed by atoms with E-state index in [0.29, 0.717) is 17.1 Å². The van der Waals surface area contributed by atoms with Crippen LogP contribution in [-0.4, -0.2) is 16.9 Å². The molecule has 4 rings (SSSR count). The van der Waals surface area contributed by atoms with Crippen LogP contribution in [0.4, 0.5) is 0 Å². The van der Waals surface area contributed by atoms with Crippen molar-refractivity contribution < 1.29 is 14.7 Å². The number of carboxylic acids is 1. The summed E-state index contributed by atoms with van der Waals surface area (Å²) < 4.78 is 0. The molecule has 4 aliphatic carbocycles. The number of aliphatic carboxylic acids is 1. The molecule has 1 N–H and O–H groups in total. The maximum absolute atomic E-state index is 12.0. The standard InChI is InChI=1S/C27H42O3/c1-17(6-5-7-18(2)25(29)30)22-10-11-23-21-9-8-19-16-20(28)12-14-26(19,3)24(21)13-15-27(22,23)4/h16-18,21-24H,5-15H2,1-4H3,(H,29,30)/t17-,18+,21?,22?,23?,24?,26+,27-/m1/s1. The molecule has 3 heteroatoms. The van der Waals surface area contributed by atoms with Crippen molar-refractivity contribution in [3.8, 4) is 0 Å². The van der Waals surface area contributed by atoms with Crippen molar-refractivity contribution in [2.45, 2.75) is 98.3 Å². The van der Waals surface area contributed by atoms with Crippen molar-refractivity contribution in [3.63, 3.8) is 0 Å². The van der Waals surface area contributed by atoms with E-state index in [0.717, 1.165) is 55.8 Å². The summed E-state index contributed by atoms with van der Waals surface area (Å²) in [5.74, 6) is 3.43. The molecule has 0 spiro atoms. The number of hydrogen-bond acceptors (Lipinski definition) is 2.